The van der Waals surface area contributed by atoms with E-state index in [0.29, 0.717) is 17.0 Å². The van der Waals surface area contributed by atoms with Gasteiger partial charge < -0.3 is 9.26 Å². The van der Waals surface area contributed by atoms with Crippen LogP contribution in [0.5, 0.6) is 5.75 Å². The van der Waals surface area contributed by atoms with Crippen molar-refractivity contribution in [1.82, 2.24) is 5.16 Å². The van der Waals surface area contributed by atoms with Crippen LogP contribution in [-0.2, 0) is 0 Å². The van der Waals surface area contributed by atoms with Crippen LogP contribution in [0.15, 0.2) is 59.1 Å². The molecular weight excluding hydrogens is 266 g/mol. The standard InChI is InChI=1S/C17H13NO3/c1-20-14-9-7-13(8-10-14)17-15(11-19)16(18-21-17)12-5-3-2-4-6-12/h2-11H,1H3. The van der Waals surface area contributed by atoms with Crippen LogP contribution in [-0.4, -0.2) is 18.6 Å². The smallest absolute Gasteiger partial charge is 0.178 e. The Morgan fingerprint density at radius 2 is 1.71 bits per heavy atom. The van der Waals surface area contributed by atoms with E-state index in [2.05, 4.69) is 5.16 Å². The highest BCUT2D eigenvalue weighted by molar-refractivity contribution is 5.93. The zero-order valence-corrected chi connectivity index (χ0v) is 11.4. The summed E-state index contributed by atoms with van der Waals surface area (Å²) in [6, 6.07) is 16.8. The molecular formula is C17H13NO3. The van der Waals surface area contributed by atoms with Gasteiger partial charge in [0, 0.05) is 11.1 Å². The molecule has 0 radical (unpaired) electrons. The topological polar surface area (TPSA) is 52.3 Å². The quantitative estimate of drug-likeness (QED) is 0.681. The fraction of sp³-hybridized carbons (Fsp3) is 0.0588. The summed E-state index contributed by atoms with van der Waals surface area (Å²) in [6.07, 6.45) is 0.776. The molecule has 21 heavy (non-hydrogen) atoms. The van der Waals surface area contributed by atoms with Gasteiger partial charge in [-0.3, -0.25) is 4.79 Å². The second-order valence-corrected chi connectivity index (χ2v) is 4.49. The fourth-order valence-electron chi connectivity index (χ4n) is 2.16. The highest BCUT2D eigenvalue weighted by Crippen LogP contribution is 2.31. The van der Waals surface area contributed by atoms with Crippen molar-refractivity contribution in [3.63, 3.8) is 0 Å². The molecule has 0 aliphatic heterocycles. The van der Waals surface area contributed by atoms with Gasteiger partial charge in [0.2, 0.25) is 0 Å². The lowest BCUT2D eigenvalue weighted by Gasteiger charge is -2.01. The molecule has 0 bridgehead atoms. The third-order valence-corrected chi connectivity index (χ3v) is 3.25. The van der Waals surface area contributed by atoms with Crippen molar-refractivity contribution in [1.29, 1.82) is 0 Å². The molecule has 3 aromatic rings. The van der Waals surface area contributed by atoms with E-state index in [4.69, 9.17) is 9.26 Å². The predicted octanol–water partition coefficient (Wildman–Crippen LogP) is 3.83. The number of rotatable bonds is 4. The maximum atomic E-state index is 11.5. The van der Waals surface area contributed by atoms with Crippen molar-refractivity contribution < 1.29 is 14.1 Å². The summed E-state index contributed by atoms with van der Waals surface area (Å²) >= 11 is 0. The monoisotopic (exact) mass is 279 g/mol. The molecule has 104 valence electrons. The Morgan fingerprint density at radius 1 is 1.00 bits per heavy atom. The molecule has 1 heterocycles. The van der Waals surface area contributed by atoms with E-state index in [1.165, 1.54) is 0 Å². The van der Waals surface area contributed by atoms with Gasteiger partial charge in [-0.1, -0.05) is 35.5 Å². The third kappa shape index (κ3) is 2.43. The van der Waals surface area contributed by atoms with E-state index in [9.17, 15) is 4.79 Å². The minimum atomic E-state index is 0.450. The van der Waals surface area contributed by atoms with E-state index < -0.39 is 0 Å². The molecule has 2 aromatic carbocycles. The molecule has 0 fully saturated rings. The van der Waals surface area contributed by atoms with Gasteiger partial charge in [-0.05, 0) is 24.3 Å². The van der Waals surface area contributed by atoms with Crippen LogP contribution in [0.3, 0.4) is 0 Å². The maximum absolute atomic E-state index is 11.5. The van der Waals surface area contributed by atoms with Gasteiger partial charge in [0.1, 0.15) is 11.4 Å². The molecule has 0 N–H and O–H groups in total. The van der Waals surface area contributed by atoms with Gasteiger partial charge in [0.15, 0.2) is 12.0 Å². The lowest BCUT2D eigenvalue weighted by Crippen LogP contribution is -1.87. The molecule has 4 heteroatoms. The van der Waals surface area contributed by atoms with Gasteiger partial charge >= 0.3 is 0 Å². The van der Waals surface area contributed by atoms with Crippen molar-refractivity contribution in [2.75, 3.05) is 7.11 Å². The van der Waals surface area contributed by atoms with E-state index >= 15 is 0 Å². The first kappa shape index (κ1) is 13.1. The van der Waals surface area contributed by atoms with Gasteiger partial charge in [-0.25, -0.2) is 0 Å². The summed E-state index contributed by atoms with van der Waals surface area (Å²) in [5, 5.41) is 4.04. The highest BCUT2D eigenvalue weighted by Gasteiger charge is 2.18. The van der Waals surface area contributed by atoms with Crippen molar-refractivity contribution in [3.05, 3.63) is 60.2 Å². The highest BCUT2D eigenvalue weighted by atomic mass is 16.5. The SMILES string of the molecule is COc1ccc(-c2onc(-c3ccccc3)c2C=O)cc1. The van der Waals surface area contributed by atoms with Gasteiger partial charge in [-0.2, -0.15) is 0 Å². The summed E-state index contributed by atoms with van der Waals surface area (Å²) in [4.78, 5) is 11.5. The van der Waals surface area contributed by atoms with Crippen LogP contribution in [0.1, 0.15) is 10.4 Å². The van der Waals surface area contributed by atoms with Gasteiger partial charge in [-0.15, -0.1) is 0 Å². The van der Waals surface area contributed by atoms with Crippen LogP contribution >= 0.6 is 0 Å². The van der Waals surface area contributed by atoms with Crippen LogP contribution in [0.25, 0.3) is 22.6 Å². The van der Waals surface area contributed by atoms with Crippen molar-refractivity contribution in [2.45, 2.75) is 0 Å². The lowest BCUT2D eigenvalue weighted by atomic mass is 10.0. The van der Waals surface area contributed by atoms with Crippen LogP contribution in [0, 0.1) is 0 Å². The van der Waals surface area contributed by atoms with Crippen molar-refractivity contribution in [2.24, 2.45) is 0 Å². The number of aromatic nitrogens is 1. The summed E-state index contributed by atoms with van der Waals surface area (Å²) in [5.74, 6) is 1.21. The van der Waals surface area contributed by atoms with E-state index in [0.717, 1.165) is 23.2 Å². The van der Waals surface area contributed by atoms with Crippen LogP contribution in [0.2, 0.25) is 0 Å². The Bertz CT molecular complexity index is 745. The number of benzene rings is 2. The first-order valence-electron chi connectivity index (χ1n) is 6.48. The third-order valence-electron chi connectivity index (χ3n) is 3.25. The Balaban J connectivity index is 2.08. The Kier molecular flexibility index (Phi) is 3.51. The normalized spacial score (nSPS) is 10.3. The molecule has 0 unspecified atom stereocenters. The molecule has 1 aromatic heterocycles. The average molecular weight is 279 g/mol. The second-order valence-electron chi connectivity index (χ2n) is 4.49. The summed E-state index contributed by atoms with van der Waals surface area (Å²) < 4.78 is 10.5. The second kappa shape index (κ2) is 5.63. The van der Waals surface area contributed by atoms with E-state index in [1.807, 2.05) is 54.6 Å². The first-order valence-corrected chi connectivity index (χ1v) is 6.48. The molecule has 4 nitrogen and oxygen atoms in total. The Morgan fingerprint density at radius 3 is 2.33 bits per heavy atom. The molecule has 0 spiro atoms. The first-order chi connectivity index (χ1) is 10.3. The number of carbonyl (C=O) groups is 1. The molecule has 3 rings (SSSR count). The molecule has 0 saturated carbocycles. The number of aldehydes is 1. The predicted molar refractivity (Wildman–Crippen MR) is 79.3 cm³/mol. The minimum absolute atomic E-state index is 0.450. The van der Waals surface area contributed by atoms with Gasteiger partial charge in [0.25, 0.3) is 0 Å². The summed E-state index contributed by atoms with van der Waals surface area (Å²) in [6.45, 7) is 0. The summed E-state index contributed by atoms with van der Waals surface area (Å²) in [5.41, 5.74) is 2.64. The molecule has 0 amide bonds. The zero-order chi connectivity index (χ0) is 14.7. The average Bonchev–Trinajstić information content (AvgIpc) is 2.99. The number of nitrogens with zero attached hydrogens (tertiary/aromatic N) is 1. The number of hydrogen-bond acceptors (Lipinski definition) is 4. The van der Waals surface area contributed by atoms with Crippen LogP contribution in [0.4, 0.5) is 0 Å². The van der Waals surface area contributed by atoms with E-state index in [-0.39, 0.29) is 0 Å². The zero-order valence-electron chi connectivity index (χ0n) is 11.4. The number of methoxy groups -OCH3 is 1. The molecule has 0 saturated heterocycles. The molecule has 0 aliphatic carbocycles. The van der Waals surface area contributed by atoms with Crippen molar-refractivity contribution in [3.8, 4) is 28.3 Å². The molecule has 0 atom stereocenters. The maximum Gasteiger partial charge on any atom is 0.178 e. The number of hydrogen-bond donors (Lipinski definition) is 0. The fourth-order valence-corrected chi connectivity index (χ4v) is 2.16. The number of carbonyl (C=O) groups excluding carboxylic acids is 1. The Labute approximate surface area is 122 Å². The summed E-state index contributed by atoms with van der Waals surface area (Å²) in [7, 11) is 1.60. The number of ether oxygens (including phenoxy) is 1. The van der Waals surface area contributed by atoms with E-state index in [1.54, 1.807) is 7.11 Å². The van der Waals surface area contributed by atoms with Gasteiger partial charge in [0.05, 0.1) is 12.7 Å². The largest absolute Gasteiger partial charge is 0.497 e. The Hall–Kier alpha value is -2.88. The molecule has 0 aliphatic rings. The van der Waals surface area contributed by atoms with Crippen molar-refractivity contribution >= 4 is 6.29 Å². The van der Waals surface area contributed by atoms with Crippen LogP contribution < -0.4 is 4.74 Å². The minimum Gasteiger partial charge on any atom is -0.497 e. The lowest BCUT2D eigenvalue weighted by molar-refractivity contribution is 0.112.